The first-order valence-corrected chi connectivity index (χ1v) is 4.79. The second-order valence-electron chi connectivity index (χ2n) is 3.32. The van der Waals surface area contributed by atoms with E-state index in [1.807, 2.05) is 27.7 Å². The number of ether oxygens (including phenoxy) is 2. The van der Waals surface area contributed by atoms with Gasteiger partial charge in [-0.3, -0.25) is 4.79 Å². The van der Waals surface area contributed by atoms with Gasteiger partial charge < -0.3 is 9.47 Å². The van der Waals surface area contributed by atoms with Crippen molar-refractivity contribution in [3.05, 3.63) is 12.7 Å². The average Bonchev–Trinajstić information content (AvgIpc) is 1.99. The molecule has 0 saturated carbocycles. The third kappa shape index (κ3) is 31.6. The summed E-state index contributed by atoms with van der Waals surface area (Å²) in [5.74, 6) is -0.264. The lowest BCUT2D eigenvalue weighted by atomic mass is 10.4. The van der Waals surface area contributed by atoms with Crippen LogP contribution in [0.15, 0.2) is 12.7 Å². The molecule has 0 aliphatic rings. The van der Waals surface area contributed by atoms with Gasteiger partial charge >= 0.3 is 5.97 Å². The van der Waals surface area contributed by atoms with Crippen LogP contribution in [0.4, 0.5) is 0 Å². The highest BCUT2D eigenvalue weighted by Gasteiger charge is 1.94. The van der Waals surface area contributed by atoms with Gasteiger partial charge in [0.1, 0.15) is 6.61 Å². The van der Waals surface area contributed by atoms with Crippen LogP contribution >= 0.6 is 0 Å². The molecule has 0 aliphatic carbocycles. The Morgan fingerprint density at radius 3 is 1.73 bits per heavy atom. The van der Waals surface area contributed by atoms with Crippen LogP contribution in [0.5, 0.6) is 0 Å². The van der Waals surface area contributed by atoms with Crippen LogP contribution in [-0.4, -0.2) is 42.1 Å². The van der Waals surface area contributed by atoms with Crippen LogP contribution in [-0.2, 0) is 14.3 Å². The van der Waals surface area contributed by atoms with Gasteiger partial charge in [0.2, 0.25) is 0 Å². The highest BCUT2D eigenvalue weighted by Crippen LogP contribution is 1.93. The third-order valence-corrected chi connectivity index (χ3v) is 0.949. The summed E-state index contributed by atoms with van der Waals surface area (Å²) in [5, 5.41) is 0. The Balaban J connectivity index is -0.000000180. The molecule has 0 unspecified atom stereocenters. The molecule has 0 heterocycles. The molecule has 0 saturated heterocycles. The van der Waals surface area contributed by atoms with Crippen molar-refractivity contribution in [2.24, 2.45) is 0 Å². The Kier molecular flexibility index (Phi) is 18.4. The largest absolute Gasteiger partial charge is 0.462 e. The Bertz CT molecular complexity index is 150. The van der Waals surface area contributed by atoms with E-state index in [2.05, 4.69) is 11.3 Å². The number of hydrogen-bond donors (Lipinski definition) is 0. The van der Waals surface area contributed by atoms with Gasteiger partial charge in [-0.05, 0) is 27.7 Å². The lowest BCUT2D eigenvalue weighted by molar-refractivity contribution is -0.139. The standard InChI is InChI=1S/C6H14O.C5H8O2.Al.3H/c1-5(2)7-6(3)4;1-3-4-7-5(2)6;;;;/h5-6H,1-4H3;3H,1,4H2,2H3;;;;. The van der Waals surface area contributed by atoms with Crippen LogP contribution in [0.3, 0.4) is 0 Å². The molecule has 15 heavy (non-hydrogen) atoms. The molecule has 0 bridgehead atoms. The van der Waals surface area contributed by atoms with E-state index in [9.17, 15) is 4.79 Å². The van der Waals surface area contributed by atoms with E-state index < -0.39 is 0 Å². The summed E-state index contributed by atoms with van der Waals surface area (Å²) in [6, 6.07) is 0. The van der Waals surface area contributed by atoms with Gasteiger partial charge in [-0.2, -0.15) is 0 Å². The number of rotatable bonds is 4. The minimum Gasteiger partial charge on any atom is -0.462 e. The summed E-state index contributed by atoms with van der Waals surface area (Å²) in [7, 11) is 0. The normalized spacial score (nSPS) is 8.73. The van der Waals surface area contributed by atoms with Crippen molar-refractivity contribution >= 4 is 23.3 Å². The average molecular weight is 232 g/mol. The minimum absolute atomic E-state index is 0. The van der Waals surface area contributed by atoms with E-state index in [0.717, 1.165) is 0 Å². The molecular formula is C11H25AlO3. The number of carbonyl (C=O) groups excluding carboxylic acids is 1. The molecule has 0 amide bonds. The highest BCUT2D eigenvalue weighted by atomic mass is 27.0. The fraction of sp³-hybridized carbons (Fsp3) is 0.727. The molecule has 3 nitrogen and oxygen atoms in total. The number of carbonyl (C=O) groups is 1. The summed E-state index contributed by atoms with van der Waals surface area (Å²) >= 11 is 0. The zero-order chi connectivity index (χ0) is 11.6. The van der Waals surface area contributed by atoms with Gasteiger partial charge in [-0.25, -0.2) is 0 Å². The first-order valence-electron chi connectivity index (χ1n) is 4.79. The summed E-state index contributed by atoms with van der Waals surface area (Å²) in [6.07, 6.45) is 2.28. The molecule has 0 N–H and O–H groups in total. The first-order chi connectivity index (χ1) is 6.40. The highest BCUT2D eigenvalue weighted by molar-refractivity contribution is 5.75. The summed E-state index contributed by atoms with van der Waals surface area (Å²) in [6.45, 7) is 13.2. The van der Waals surface area contributed by atoms with E-state index in [1.54, 1.807) is 0 Å². The Morgan fingerprint density at radius 2 is 1.67 bits per heavy atom. The lowest BCUT2D eigenvalue weighted by Gasteiger charge is -2.09. The first kappa shape index (κ1) is 20.2. The molecule has 0 spiro atoms. The fourth-order valence-corrected chi connectivity index (χ4v) is 0.721. The van der Waals surface area contributed by atoms with Crippen molar-refractivity contribution in [2.75, 3.05) is 6.61 Å². The minimum atomic E-state index is -0.264. The van der Waals surface area contributed by atoms with E-state index in [1.165, 1.54) is 13.0 Å². The predicted molar refractivity (Wildman–Crippen MR) is 68.1 cm³/mol. The molecule has 0 aromatic rings. The Hall–Kier alpha value is -0.298. The molecule has 0 aromatic heterocycles. The molecule has 0 aliphatic heterocycles. The quantitative estimate of drug-likeness (QED) is 0.417. The topological polar surface area (TPSA) is 35.5 Å². The molecule has 0 aromatic carbocycles. The monoisotopic (exact) mass is 232 g/mol. The zero-order valence-corrected chi connectivity index (χ0v) is 9.87. The van der Waals surface area contributed by atoms with Crippen molar-refractivity contribution in [1.82, 2.24) is 0 Å². The van der Waals surface area contributed by atoms with Crippen molar-refractivity contribution in [3.63, 3.8) is 0 Å². The van der Waals surface area contributed by atoms with Gasteiger partial charge in [0.05, 0.1) is 12.2 Å². The van der Waals surface area contributed by atoms with Crippen molar-refractivity contribution in [1.29, 1.82) is 0 Å². The maximum Gasteiger partial charge on any atom is 0.302 e. The van der Waals surface area contributed by atoms with Crippen LogP contribution in [0.2, 0.25) is 0 Å². The smallest absolute Gasteiger partial charge is 0.302 e. The van der Waals surface area contributed by atoms with E-state index in [4.69, 9.17) is 4.74 Å². The van der Waals surface area contributed by atoms with E-state index in [0.29, 0.717) is 18.8 Å². The molecule has 0 rings (SSSR count). The maximum atomic E-state index is 9.93. The van der Waals surface area contributed by atoms with E-state index in [-0.39, 0.29) is 23.3 Å². The van der Waals surface area contributed by atoms with Crippen LogP contribution < -0.4 is 0 Å². The van der Waals surface area contributed by atoms with Crippen LogP contribution in [0.1, 0.15) is 34.6 Å². The van der Waals surface area contributed by atoms with Gasteiger partial charge in [-0.1, -0.05) is 12.7 Å². The zero-order valence-electron chi connectivity index (χ0n) is 9.87. The van der Waals surface area contributed by atoms with Gasteiger partial charge in [-0.15, -0.1) is 0 Å². The van der Waals surface area contributed by atoms with Crippen LogP contribution in [0, 0.1) is 0 Å². The van der Waals surface area contributed by atoms with Crippen molar-refractivity contribution in [3.8, 4) is 0 Å². The van der Waals surface area contributed by atoms with E-state index >= 15 is 0 Å². The molecule has 0 fully saturated rings. The summed E-state index contributed by atoms with van der Waals surface area (Å²) in [4.78, 5) is 9.93. The fourth-order valence-electron chi connectivity index (χ4n) is 0.721. The second-order valence-corrected chi connectivity index (χ2v) is 3.32. The maximum absolute atomic E-state index is 9.93. The SMILES string of the molecule is C=CCOC(C)=O.CC(C)OC(C)C.[AlH3]. The van der Waals surface area contributed by atoms with Crippen molar-refractivity contribution < 1.29 is 14.3 Å². The molecule has 0 atom stereocenters. The van der Waals surface area contributed by atoms with Crippen molar-refractivity contribution in [2.45, 2.75) is 46.8 Å². The van der Waals surface area contributed by atoms with Gasteiger partial charge in [0, 0.05) is 6.92 Å². The molecular weight excluding hydrogens is 207 g/mol. The summed E-state index contributed by atoms with van der Waals surface area (Å²) in [5.41, 5.74) is 0. The third-order valence-electron chi connectivity index (χ3n) is 0.949. The number of esters is 1. The number of hydrogen-bond acceptors (Lipinski definition) is 3. The van der Waals surface area contributed by atoms with Gasteiger partial charge in [0.25, 0.3) is 0 Å². The van der Waals surface area contributed by atoms with Gasteiger partial charge in [0.15, 0.2) is 17.4 Å². The lowest BCUT2D eigenvalue weighted by Crippen LogP contribution is -2.09. The second kappa shape index (κ2) is 13.7. The summed E-state index contributed by atoms with van der Waals surface area (Å²) < 4.78 is 9.68. The Morgan fingerprint density at radius 1 is 1.27 bits per heavy atom. The molecule has 90 valence electrons. The van der Waals surface area contributed by atoms with Crippen LogP contribution in [0.25, 0.3) is 0 Å². The predicted octanol–water partition coefficient (Wildman–Crippen LogP) is 1.37. The Labute approximate surface area is 104 Å². The molecule has 0 radical (unpaired) electrons. The molecule has 4 heteroatoms.